The van der Waals surface area contributed by atoms with Gasteiger partial charge in [-0.1, -0.05) is 17.7 Å². The number of carbonyl (C=O) groups excluding carboxylic acids is 2. The molecule has 1 aliphatic heterocycles. The van der Waals surface area contributed by atoms with Crippen LogP contribution in [0.3, 0.4) is 0 Å². The molecule has 126 valence electrons. The molecule has 6 nitrogen and oxygen atoms in total. The lowest BCUT2D eigenvalue weighted by Gasteiger charge is -2.37. The SMILES string of the molecule is C[C@H]1CC[C@H](C(N)=O)CN1C(=O)Nc1cccc(Cl)c1N(C)C. The zero-order valence-electron chi connectivity index (χ0n) is 13.7. The first kappa shape index (κ1) is 17.4. The van der Waals surface area contributed by atoms with Crippen LogP contribution in [0.5, 0.6) is 0 Å². The van der Waals surface area contributed by atoms with Crippen LogP contribution in [0.4, 0.5) is 16.2 Å². The number of hydrogen-bond acceptors (Lipinski definition) is 3. The second kappa shape index (κ2) is 7.08. The Labute approximate surface area is 141 Å². The van der Waals surface area contributed by atoms with Crippen LogP contribution < -0.4 is 16.0 Å². The van der Waals surface area contributed by atoms with Crippen LogP contribution in [0.2, 0.25) is 5.02 Å². The Morgan fingerprint density at radius 1 is 1.35 bits per heavy atom. The Morgan fingerprint density at radius 2 is 2.04 bits per heavy atom. The number of benzene rings is 1. The lowest BCUT2D eigenvalue weighted by Crippen LogP contribution is -2.50. The second-order valence-corrected chi connectivity index (χ2v) is 6.55. The highest BCUT2D eigenvalue weighted by molar-refractivity contribution is 6.34. The van der Waals surface area contributed by atoms with Gasteiger partial charge in [-0.3, -0.25) is 4.79 Å². The van der Waals surface area contributed by atoms with Gasteiger partial charge in [0.1, 0.15) is 0 Å². The van der Waals surface area contributed by atoms with E-state index < -0.39 is 0 Å². The molecule has 1 aliphatic rings. The molecule has 0 aromatic heterocycles. The number of nitrogens with zero attached hydrogens (tertiary/aromatic N) is 2. The molecule has 1 fully saturated rings. The van der Waals surface area contributed by atoms with E-state index in [0.29, 0.717) is 17.3 Å². The summed E-state index contributed by atoms with van der Waals surface area (Å²) in [5, 5.41) is 3.47. The van der Waals surface area contributed by atoms with E-state index in [1.54, 1.807) is 23.1 Å². The van der Waals surface area contributed by atoms with Gasteiger partial charge in [-0.2, -0.15) is 0 Å². The lowest BCUT2D eigenvalue weighted by atomic mass is 9.93. The third kappa shape index (κ3) is 3.88. The van der Waals surface area contributed by atoms with E-state index in [9.17, 15) is 9.59 Å². The molecule has 3 amide bonds. The van der Waals surface area contributed by atoms with Gasteiger partial charge >= 0.3 is 6.03 Å². The predicted molar refractivity (Wildman–Crippen MR) is 92.9 cm³/mol. The topological polar surface area (TPSA) is 78.7 Å². The van der Waals surface area contributed by atoms with Gasteiger partial charge in [-0.15, -0.1) is 0 Å². The van der Waals surface area contributed by atoms with Crippen LogP contribution in [0, 0.1) is 5.92 Å². The van der Waals surface area contributed by atoms with E-state index in [1.165, 1.54) is 0 Å². The summed E-state index contributed by atoms with van der Waals surface area (Å²) < 4.78 is 0. The molecule has 1 aromatic rings. The van der Waals surface area contributed by atoms with Crippen molar-refractivity contribution in [3.8, 4) is 0 Å². The van der Waals surface area contributed by atoms with Crippen molar-refractivity contribution >= 4 is 34.9 Å². The Bertz CT molecular complexity index is 606. The summed E-state index contributed by atoms with van der Waals surface area (Å²) in [4.78, 5) is 27.6. The number of amides is 3. The van der Waals surface area contributed by atoms with Gasteiger partial charge in [0.2, 0.25) is 5.91 Å². The minimum Gasteiger partial charge on any atom is -0.375 e. The van der Waals surface area contributed by atoms with Crippen molar-refractivity contribution in [1.29, 1.82) is 0 Å². The first-order chi connectivity index (χ1) is 10.8. The van der Waals surface area contributed by atoms with Crippen molar-refractivity contribution in [3.05, 3.63) is 23.2 Å². The molecule has 0 radical (unpaired) electrons. The van der Waals surface area contributed by atoms with Crippen molar-refractivity contribution < 1.29 is 9.59 Å². The molecule has 1 aromatic carbocycles. The second-order valence-electron chi connectivity index (χ2n) is 6.14. The highest BCUT2D eigenvalue weighted by atomic mass is 35.5. The lowest BCUT2D eigenvalue weighted by molar-refractivity contribution is -0.123. The number of para-hydroxylation sites is 1. The zero-order valence-corrected chi connectivity index (χ0v) is 14.4. The minimum atomic E-state index is -0.355. The third-order valence-corrected chi connectivity index (χ3v) is 4.53. The van der Waals surface area contributed by atoms with Crippen LogP contribution in [0.1, 0.15) is 19.8 Å². The maximum absolute atomic E-state index is 12.6. The molecule has 23 heavy (non-hydrogen) atoms. The van der Waals surface area contributed by atoms with Gasteiger partial charge in [0.05, 0.1) is 22.3 Å². The molecular weight excluding hydrogens is 316 g/mol. The standard InChI is InChI=1S/C16H23ClN4O2/c1-10-7-8-11(15(18)22)9-21(10)16(23)19-13-6-4-5-12(17)14(13)20(2)3/h4-6,10-11H,7-9H2,1-3H3,(H2,18,22)(H,19,23)/t10-,11-/m0/s1. The largest absolute Gasteiger partial charge is 0.375 e. The van der Waals surface area contributed by atoms with Gasteiger partial charge in [0, 0.05) is 26.7 Å². The molecule has 2 rings (SSSR count). The monoisotopic (exact) mass is 338 g/mol. The average molecular weight is 339 g/mol. The average Bonchev–Trinajstić information content (AvgIpc) is 2.46. The first-order valence-electron chi connectivity index (χ1n) is 7.64. The van der Waals surface area contributed by atoms with Crippen LogP contribution in [-0.2, 0) is 4.79 Å². The van der Waals surface area contributed by atoms with E-state index in [0.717, 1.165) is 18.5 Å². The van der Waals surface area contributed by atoms with E-state index >= 15 is 0 Å². The van der Waals surface area contributed by atoms with Gasteiger partial charge in [-0.05, 0) is 31.9 Å². The molecule has 2 atom stereocenters. The highest BCUT2D eigenvalue weighted by Gasteiger charge is 2.32. The minimum absolute atomic E-state index is 0.0626. The number of nitrogens with two attached hydrogens (primary N) is 1. The summed E-state index contributed by atoms with van der Waals surface area (Å²) in [5.41, 5.74) is 6.78. The number of piperidine rings is 1. The fourth-order valence-electron chi connectivity index (χ4n) is 2.88. The zero-order chi connectivity index (χ0) is 17.1. The quantitative estimate of drug-likeness (QED) is 0.888. The normalized spacial score (nSPS) is 21.0. The van der Waals surface area contributed by atoms with Crippen molar-refractivity contribution in [3.63, 3.8) is 0 Å². The van der Waals surface area contributed by atoms with Gasteiger partial charge in [-0.25, -0.2) is 4.79 Å². The number of nitrogens with one attached hydrogen (secondary N) is 1. The molecular formula is C16H23ClN4O2. The Balaban J connectivity index is 2.18. The molecule has 0 unspecified atom stereocenters. The van der Waals surface area contributed by atoms with Gasteiger partial charge in [0.25, 0.3) is 0 Å². The summed E-state index contributed by atoms with van der Waals surface area (Å²) in [6.45, 7) is 2.32. The number of rotatable bonds is 3. The van der Waals surface area contributed by atoms with E-state index in [1.807, 2.05) is 25.9 Å². The number of halogens is 1. The van der Waals surface area contributed by atoms with Crippen molar-refractivity contribution in [2.75, 3.05) is 30.9 Å². The van der Waals surface area contributed by atoms with Crippen molar-refractivity contribution in [2.45, 2.75) is 25.8 Å². The van der Waals surface area contributed by atoms with Crippen LogP contribution in [-0.4, -0.2) is 43.5 Å². The molecule has 7 heteroatoms. The molecule has 3 N–H and O–H groups in total. The van der Waals surface area contributed by atoms with Crippen LogP contribution in [0.15, 0.2) is 18.2 Å². The summed E-state index contributed by atoms with van der Waals surface area (Å²) in [5.74, 6) is -0.643. The molecule has 0 bridgehead atoms. The molecule has 1 saturated heterocycles. The molecule has 1 heterocycles. The number of hydrogen-bond donors (Lipinski definition) is 2. The van der Waals surface area contributed by atoms with Gasteiger partial charge in [0.15, 0.2) is 0 Å². The number of primary amides is 1. The number of urea groups is 1. The van der Waals surface area contributed by atoms with E-state index in [2.05, 4.69) is 5.32 Å². The number of carbonyl (C=O) groups is 2. The Kier molecular flexibility index (Phi) is 5.36. The predicted octanol–water partition coefficient (Wildman–Crippen LogP) is 2.52. The fraction of sp³-hybridized carbons (Fsp3) is 0.500. The van der Waals surface area contributed by atoms with Gasteiger partial charge < -0.3 is 20.9 Å². The fourth-order valence-corrected chi connectivity index (χ4v) is 3.22. The molecule has 0 saturated carbocycles. The summed E-state index contributed by atoms with van der Waals surface area (Å²) in [6, 6.07) is 5.19. The Hall–Kier alpha value is -1.95. The smallest absolute Gasteiger partial charge is 0.322 e. The maximum Gasteiger partial charge on any atom is 0.322 e. The summed E-state index contributed by atoms with van der Waals surface area (Å²) >= 11 is 6.22. The van der Waals surface area contributed by atoms with Crippen molar-refractivity contribution in [2.24, 2.45) is 11.7 Å². The number of anilines is 2. The molecule has 0 spiro atoms. The maximum atomic E-state index is 12.6. The highest BCUT2D eigenvalue weighted by Crippen LogP contribution is 2.33. The number of likely N-dealkylation sites (tertiary alicyclic amines) is 1. The summed E-state index contributed by atoms with van der Waals surface area (Å²) in [7, 11) is 3.73. The molecule has 0 aliphatic carbocycles. The summed E-state index contributed by atoms with van der Waals surface area (Å²) in [6.07, 6.45) is 1.48. The third-order valence-electron chi connectivity index (χ3n) is 4.22. The van der Waals surface area contributed by atoms with Crippen molar-refractivity contribution in [1.82, 2.24) is 4.90 Å². The van der Waals surface area contributed by atoms with Crippen LogP contribution >= 0.6 is 11.6 Å². The van der Waals surface area contributed by atoms with E-state index in [-0.39, 0.29) is 23.9 Å². The Morgan fingerprint density at radius 3 is 2.65 bits per heavy atom. The van der Waals surface area contributed by atoms with E-state index in [4.69, 9.17) is 17.3 Å². The van der Waals surface area contributed by atoms with Crippen LogP contribution in [0.25, 0.3) is 0 Å². The first-order valence-corrected chi connectivity index (χ1v) is 8.01.